The van der Waals surface area contributed by atoms with E-state index in [0.717, 1.165) is 24.0 Å². The molecule has 0 fully saturated rings. The molecule has 2 aliphatic heterocycles. The Balaban J connectivity index is 1.28. The van der Waals surface area contributed by atoms with Crippen LogP contribution in [-0.2, 0) is 20.8 Å². The molecule has 41 heavy (non-hydrogen) atoms. The summed E-state index contributed by atoms with van der Waals surface area (Å²) < 4.78 is 23.8. The van der Waals surface area contributed by atoms with Gasteiger partial charge in [0.1, 0.15) is 18.6 Å². The second-order valence-electron chi connectivity index (χ2n) is 10.2. The smallest absolute Gasteiger partial charge is 0.246 e. The Bertz CT molecular complexity index is 1770. The van der Waals surface area contributed by atoms with Gasteiger partial charge in [-0.25, -0.2) is 0 Å². The Morgan fingerprint density at radius 1 is 1.02 bits per heavy atom. The zero-order chi connectivity index (χ0) is 28.5. The third-order valence-corrected chi connectivity index (χ3v) is 7.28. The molecule has 3 aromatic rings. The van der Waals surface area contributed by atoms with E-state index in [4.69, 9.17) is 18.9 Å². The number of carbonyl (C=O) groups excluding carboxylic acids is 2. The number of hydrogen-bond acceptors (Lipinski definition) is 7. The molecule has 0 atom stereocenters. The van der Waals surface area contributed by atoms with E-state index in [2.05, 4.69) is 11.4 Å². The van der Waals surface area contributed by atoms with E-state index in [-0.39, 0.29) is 30.2 Å². The number of aromatic nitrogens is 1. The van der Waals surface area contributed by atoms with Gasteiger partial charge in [0.2, 0.25) is 24.0 Å². The van der Waals surface area contributed by atoms with Crippen LogP contribution in [0.5, 0.6) is 11.5 Å². The van der Waals surface area contributed by atoms with E-state index in [1.165, 1.54) is 24.3 Å². The second kappa shape index (κ2) is 10.8. The number of ether oxygens (including phenoxy) is 4. The molecule has 1 amide bonds. The summed E-state index contributed by atoms with van der Waals surface area (Å²) in [5.74, 6) is 0.712. The normalized spacial score (nSPS) is 15.4. The van der Waals surface area contributed by atoms with Crippen LogP contribution in [0.4, 0.5) is 0 Å². The van der Waals surface area contributed by atoms with Gasteiger partial charge < -0.3 is 23.5 Å². The van der Waals surface area contributed by atoms with Crippen LogP contribution in [0.25, 0.3) is 10.9 Å². The molecule has 1 aliphatic carbocycles. The van der Waals surface area contributed by atoms with E-state index < -0.39 is 17.1 Å². The van der Waals surface area contributed by atoms with Gasteiger partial charge in [0.25, 0.3) is 0 Å². The first kappa shape index (κ1) is 26.2. The van der Waals surface area contributed by atoms with Gasteiger partial charge in [-0.1, -0.05) is 35.9 Å². The number of nitrogens with zero attached hydrogens (tertiary/aromatic N) is 1. The molecule has 1 N–H and O–H groups in total. The van der Waals surface area contributed by atoms with Crippen molar-refractivity contribution in [2.45, 2.75) is 39.7 Å². The third-order valence-electron chi connectivity index (χ3n) is 7.28. The van der Waals surface area contributed by atoms with Crippen molar-refractivity contribution in [2.24, 2.45) is 0 Å². The molecular formula is C32H28N2O7. The highest BCUT2D eigenvalue weighted by molar-refractivity contribution is 6.10. The summed E-state index contributed by atoms with van der Waals surface area (Å²) in [7, 11) is 0. The zero-order valence-electron chi connectivity index (χ0n) is 22.7. The van der Waals surface area contributed by atoms with Gasteiger partial charge in [0.15, 0.2) is 23.5 Å². The minimum Gasteiger partial charge on any atom is -0.464 e. The summed E-state index contributed by atoms with van der Waals surface area (Å²) >= 11 is 0. The van der Waals surface area contributed by atoms with Crippen molar-refractivity contribution in [1.29, 1.82) is 0 Å². The van der Waals surface area contributed by atoms with E-state index in [1.54, 1.807) is 28.8 Å². The molecule has 0 unspecified atom stereocenters. The van der Waals surface area contributed by atoms with Crippen molar-refractivity contribution in [2.75, 3.05) is 6.79 Å². The van der Waals surface area contributed by atoms with Gasteiger partial charge in [-0.05, 0) is 49.9 Å². The third kappa shape index (κ3) is 5.38. The van der Waals surface area contributed by atoms with Gasteiger partial charge in [0, 0.05) is 24.2 Å². The molecule has 0 radical (unpaired) electrons. The lowest BCUT2D eigenvalue weighted by Crippen LogP contribution is -2.30. The number of pyridine rings is 1. The van der Waals surface area contributed by atoms with E-state index in [9.17, 15) is 14.4 Å². The van der Waals surface area contributed by atoms with Gasteiger partial charge in [-0.15, -0.1) is 0 Å². The van der Waals surface area contributed by atoms with Crippen molar-refractivity contribution >= 4 is 22.6 Å². The van der Waals surface area contributed by atoms with Crippen molar-refractivity contribution in [3.05, 3.63) is 117 Å². The average molecular weight is 553 g/mol. The number of carbonyl (C=O) groups is 2. The average Bonchev–Trinajstić information content (AvgIpc) is 3.43. The molecule has 1 aromatic heterocycles. The quantitative estimate of drug-likeness (QED) is 0.409. The van der Waals surface area contributed by atoms with Crippen molar-refractivity contribution < 1.29 is 28.5 Å². The first-order chi connectivity index (χ1) is 19.9. The molecule has 0 bridgehead atoms. The summed E-state index contributed by atoms with van der Waals surface area (Å²) in [6.07, 6.45) is 12.9. The van der Waals surface area contributed by atoms with E-state index in [0.29, 0.717) is 34.8 Å². The van der Waals surface area contributed by atoms with Crippen LogP contribution in [-0.4, -0.2) is 23.1 Å². The molecule has 0 saturated carbocycles. The van der Waals surface area contributed by atoms with Gasteiger partial charge in [-0.3, -0.25) is 19.7 Å². The molecule has 2 aromatic carbocycles. The lowest BCUT2D eigenvalue weighted by molar-refractivity contribution is -0.121. The number of fused-ring (bicyclic) bond motifs is 2. The van der Waals surface area contributed by atoms with Crippen molar-refractivity contribution in [3.8, 4) is 11.5 Å². The van der Waals surface area contributed by atoms with Crippen LogP contribution in [0.15, 0.2) is 89.3 Å². The van der Waals surface area contributed by atoms with E-state index >= 15 is 0 Å². The van der Waals surface area contributed by atoms with Crippen LogP contribution in [0, 0.1) is 13.8 Å². The standard InChI is InChI=1S/C32H28N2O7/c1-19-8-9-22(10-20(19)2)31(36)25-14-34(26-13-28-27(39-18-40-28)12-24(26)32(25)37)15-29(35)33-30-17-38-16-23(41-30)11-21-6-4-3-5-7-21/h3-4,6,8-10,12-14,16-17H,5,7,11,15,18H2,1-2H3,(H,33,35). The minimum atomic E-state index is -0.452. The maximum atomic E-state index is 13.6. The highest BCUT2D eigenvalue weighted by Crippen LogP contribution is 2.35. The van der Waals surface area contributed by atoms with E-state index in [1.807, 2.05) is 32.1 Å². The zero-order valence-corrected chi connectivity index (χ0v) is 22.7. The summed E-state index contributed by atoms with van der Waals surface area (Å²) in [6, 6.07) is 8.50. The number of ketones is 1. The predicted octanol–water partition coefficient (Wildman–Crippen LogP) is 5.05. The number of nitrogens with one attached hydrogen (secondary N) is 1. The number of allylic oxidation sites excluding steroid dienone is 4. The van der Waals surface area contributed by atoms with Gasteiger partial charge >= 0.3 is 0 Å². The summed E-state index contributed by atoms with van der Waals surface area (Å²) in [5, 5.41) is 2.96. The van der Waals surface area contributed by atoms with Crippen LogP contribution < -0.4 is 20.2 Å². The minimum absolute atomic E-state index is 0.0172. The number of hydrogen-bond donors (Lipinski definition) is 1. The first-order valence-electron chi connectivity index (χ1n) is 13.3. The van der Waals surface area contributed by atoms with Crippen molar-refractivity contribution in [3.63, 3.8) is 0 Å². The molecule has 3 aliphatic rings. The maximum Gasteiger partial charge on any atom is 0.246 e. The SMILES string of the molecule is Cc1ccc(C(=O)c2cn(CC(=O)NC3=COC=C(CC4=CC=CCC4)O3)c3cc4c(cc3c2=O)OCO4)cc1C. The Morgan fingerprint density at radius 2 is 1.85 bits per heavy atom. The highest BCUT2D eigenvalue weighted by atomic mass is 16.7. The Hall–Kier alpha value is -5.05. The summed E-state index contributed by atoms with van der Waals surface area (Å²) in [5.41, 5.74) is 3.49. The van der Waals surface area contributed by atoms with Crippen molar-refractivity contribution in [1.82, 2.24) is 9.88 Å². The number of aryl methyl sites for hydroxylation is 2. The fraction of sp³-hybridized carbons (Fsp3) is 0.219. The van der Waals surface area contributed by atoms with Crippen LogP contribution in [0.3, 0.4) is 0 Å². The van der Waals surface area contributed by atoms with Gasteiger partial charge in [-0.2, -0.15) is 0 Å². The molecule has 9 nitrogen and oxygen atoms in total. The number of amides is 1. The molecular weight excluding hydrogens is 524 g/mol. The Morgan fingerprint density at radius 3 is 2.63 bits per heavy atom. The van der Waals surface area contributed by atoms with Crippen LogP contribution in [0.2, 0.25) is 0 Å². The molecule has 6 rings (SSSR count). The lowest BCUT2D eigenvalue weighted by atomic mass is 9.98. The summed E-state index contributed by atoms with van der Waals surface area (Å²) in [4.78, 5) is 40.3. The Labute approximate surface area is 236 Å². The lowest BCUT2D eigenvalue weighted by Gasteiger charge is -2.19. The molecule has 3 heterocycles. The fourth-order valence-corrected chi connectivity index (χ4v) is 4.96. The molecule has 208 valence electrons. The van der Waals surface area contributed by atoms with Crippen LogP contribution >= 0.6 is 0 Å². The fourth-order valence-electron chi connectivity index (χ4n) is 4.96. The molecule has 0 spiro atoms. The molecule has 0 saturated heterocycles. The Kier molecular flexibility index (Phi) is 6.93. The second-order valence-corrected chi connectivity index (χ2v) is 10.2. The van der Waals surface area contributed by atoms with Crippen LogP contribution in [0.1, 0.15) is 46.3 Å². The predicted molar refractivity (Wildman–Crippen MR) is 151 cm³/mol. The van der Waals surface area contributed by atoms with Gasteiger partial charge in [0.05, 0.1) is 16.5 Å². The number of benzene rings is 2. The largest absolute Gasteiger partial charge is 0.464 e. The summed E-state index contributed by atoms with van der Waals surface area (Å²) in [6.45, 7) is 3.67. The topological polar surface area (TPSA) is 105 Å². The number of rotatable bonds is 7. The first-order valence-corrected chi connectivity index (χ1v) is 13.3. The highest BCUT2D eigenvalue weighted by Gasteiger charge is 2.23. The molecule has 9 heteroatoms. The maximum absolute atomic E-state index is 13.6. The monoisotopic (exact) mass is 552 g/mol.